The van der Waals surface area contributed by atoms with Crippen LogP contribution >= 0.6 is 0 Å². The maximum Gasteiger partial charge on any atom is 0.0635 e. The van der Waals surface area contributed by atoms with Crippen molar-refractivity contribution in [2.75, 3.05) is 0 Å². The number of hydrogen-bond donors (Lipinski definition) is 1. The molecule has 4 nitrogen and oxygen atoms in total. The molecule has 0 aliphatic carbocycles. The van der Waals surface area contributed by atoms with E-state index < -0.39 is 0 Å². The van der Waals surface area contributed by atoms with Gasteiger partial charge in [-0.3, -0.25) is 4.68 Å². The summed E-state index contributed by atoms with van der Waals surface area (Å²) in [4.78, 5) is 0. The summed E-state index contributed by atoms with van der Waals surface area (Å²) in [5, 5.41) is 14.5. The van der Waals surface area contributed by atoms with Crippen molar-refractivity contribution in [1.29, 1.82) is 0 Å². The largest absolute Gasteiger partial charge is 0.392 e. The summed E-state index contributed by atoms with van der Waals surface area (Å²) in [6.45, 7) is 2.95. The maximum absolute atomic E-state index is 10.3. The Hall–Kier alpha value is -0.870. The molecule has 94 valence electrons. The predicted molar refractivity (Wildman–Crippen MR) is 63.6 cm³/mol. The molecule has 0 amide bonds. The van der Waals surface area contributed by atoms with Crippen molar-refractivity contribution in [3.05, 3.63) is 18.0 Å². The summed E-state index contributed by atoms with van der Waals surface area (Å²) in [5.74, 6) is 0.332. The Morgan fingerprint density at radius 2 is 2.47 bits per heavy atom. The predicted octanol–water partition coefficient (Wildman–Crippen LogP) is 1.37. The molecule has 2 aliphatic rings. The highest BCUT2D eigenvalue weighted by Crippen LogP contribution is 2.40. The zero-order valence-corrected chi connectivity index (χ0v) is 10.2. The fourth-order valence-corrected chi connectivity index (χ4v) is 3.16. The lowest BCUT2D eigenvalue weighted by Gasteiger charge is -2.23. The van der Waals surface area contributed by atoms with Gasteiger partial charge in [0, 0.05) is 25.1 Å². The lowest BCUT2D eigenvalue weighted by molar-refractivity contribution is 0.0431. The second-order valence-electron chi connectivity index (χ2n) is 5.25. The topological polar surface area (TPSA) is 47.3 Å². The molecule has 4 unspecified atom stereocenters. The second kappa shape index (κ2) is 4.42. The molecule has 0 spiro atoms. The first kappa shape index (κ1) is 11.2. The highest BCUT2D eigenvalue weighted by Gasteiger charge is 2.43. The van der Waals surface area contributed by atoms with Crippen molar-refractivity contribution >= 4 is 0 Å². The Kier molecular flexibility index (Phi) is 2.92. The SMILES string of the molecule is CCn1cc(CC(O)C2CC3CCC2O3)cn1. The second-order valence-corrected chi connectivity index (χ2v) is 5.25. The third-order valence-electron chi connectivity index (χ3n) is 4.10. The van der Waals surface area contributed by atoms with Gasteiger partial charge in [0.25, 0.3) is 0 Å². The van der Waals surface area contributed by atoms with Gasteiger partial charge in [-0.25, -0.2) is 0 Å². The van der Waals surface area contributed by atoms with Crippen molar-refractivity contribution in [1.82, 2.24) is 9.78 Å². The smallest absolute Gasteiger partial charge is 0.0635 e. The number of ether oxygens (including phenoxy) is 1. The summed E-state index contributed by atoms with van der Waals surface area (Å²) in [5.41, 5.74) is 1.13. The molecule has 4 heteroatoms. The number of aliphatic hydroxyl groups excluding tert-OH is 1. The number of hydrogen-bond acceptors (Lipinski definition) is 3. The van der Waals surface area contributed by atoms with Crippen LogP contribution in [0.4, 0.5) is 0 Å². The zero-order chi connectivity index (χ0) is 11.8. The van der Waals surface area contributed by atoms with E-state index in [-0.39, 0.29) is 6.10 Å². The van der Waals surface area contributed by atoms with Crippen LogP contribution in [0.15, 0.2) is 12.4 Å². The van der Waals surface area contributed by atoms with Crippen LogP contribution in [0.3, 0.4) is 0 Å². The van der Waals surface area contributed by atoms with E-state index in [1.807, 2.05) is 17.1 Å². The molecule has 0 saturated carbocycles. The molecule has 2 fully saturated rings. The molecule has 2 bridgehead atoms. The summed E-state index contributed by atoms with van der Waals surface area (Å²) >= 11 is 0. The van der Waals surface area contributed by atoms with Crippen molar-refractivity contribution in [3.63, 3.8) is 0 Å². The first-order valence-corrected chi connectivity index (χ1v) is 6.61. The van der Waals surface area contributed by atoms with Gasteiger partial charge >= 0.3 is 0 Å². The Bertz CT molecular complexity index is 391. The van der Waals surface area contributed by atoms with E-state index in [4.69, 9.17) is 4.74 Å². The number of nitrogens with zero attached hydrogens (tertiary/aromatic N) is 2. The molecule has 2 saturated heterocycles. The zero-order valence-electron chi connectivity index (χ0n) is 10.2. The van der Waals surface area contributed by atoms with E-state index in [1.54, 1.807) is 0 Å². The molecule has 4 atom stereocenters. The van der Waals surface area contributed by atoms with Crippen molar-refractivity contribution in [2.24, 2.45) is 5.92 Å². The average molecular weight is 236 g/mol. The van der Waals surface area contributed by atoms with Crippen molar-refractivity contribution in [2.45, 2.75) is 57.5 Å². The number of aliphatic hydroxyl groups is 1. The minimum Gasteiger partial charge on any atom is -0.392 e. The van der Waals surface area contributed by atoms with Crippen LogP contribution < -0.4 is 0 Å². The van der Waals surface area contributed by atoms with Gasteiger partial charge in [0.1, 0.15) is 0 Å². The van der Waals surface area contributed by atoms with Gasteiger partial charge in [0.15, 0.2) is 0 Å². The van der Waals surface area contributed by atoms with Crippen LogP contribution in [0, 0.1) is 5.92 Å². The lowest BCUT2D eigenvalue weighted by atomic mass is 9.83. The van der Waals surface area contributed by atoms with E-state index in [2.05, 4.69) is 12.0 Å². The van der Waals surface area contributed by atoms with Crippen LogP contribution in [-0.2, 0) is 17.7 Å². The highest BCUT2D eigenvalue weighted by atomic mass is 16.5. The lowest BCUT2D eigenvalue weighted by Crippen LogP contribution is -2.30. The first-order chi connectivity index (χ1) is 8.26. The Balaban J connectivity index is 1.61. The monoisotopic (exact) mass is 236 g/mol. The van der Waals surface area contributed by atoms with E-state index in [9.17, 15) is 5.11 Å². The van der Waals surface area contributed by atoms with Crippen LogP contribution in [0.5, 0.6) is 0 Å². The molecular formula is C13H20N2O2. The molecule has 0 aromatic carbocycles. The molecular weight excluding hydrogens is 216 g/mol. The molecule has 1 aromatic heterocycles. The Morgan fingerprint density at radius 1 is 1.59 bits per heavy atom. The minimum atomic E-state index is -0.278. The standard InChI is InChI=1S/C13H20N2O2/c1-2-15-8-9(7-14-15)5-12(16)11-6-10-3-4-13(11)17-10/h7-8,10-13,16H,2-6H2,1H3. The van der Waals surface area contributed by atoms with Gasteiger partial charge in [0.05, 0.1) is 24.5 Å². The Morgan fingerprint density at radius 3 is 3.06 bits per heavy atom. The van der Waals surface area contributed by atoms with E-state index in [0.29, 0.717) is 24.5 Å². The molecule has 3 rings (SSSR count). The van der Waals surface area contributed by atoms with Gasteiger partial charge in [-0.1, -0.05) is 0 Å². The van der Waals surface area contributed by atoms with E-state index >= 15 is 0 Å². The molecule has 1 aromatic rings. The van der Waals surface area contributed by atoms with Crippen LogP contribution in [0.25, 0.3) is 0 Å². The number of aromatic nitrogens is 2. The quantitative estimate of drug-likeness (QED) is 0.859. The fraction of sp³-hybridized carbons (Fsp3) is 0.769. The third-order valence-corrected chi connectivity index (χ3v) is 4.10. The summed E-state index contributed by atoms with van der Waals surface area (Å²) in [6, 6.07) is 0. The van der Waals surface area contributed by atoms with Gasteiger partial charge in [-0.05, 0) is 31.7 Å². The van der Waals surface area contributed by atoms with Gasteiger partial charge < -0.3 is 9.84 Å². The Labute approximate surface area is 102 Å². The molecule has 0 radical (unpaired) electrons. The summed E-state index contributed by atoms with van der Waals surface area (Å²) < 4.78 is 7.69. The average Bonchev–Trinajstić information content (AvgIpc) is 3.04. The number of fused-ring (bicyclic) bond motifs is 2. The van der Waals surface area contributed by atoms with Crippen molar-refractivity contribution < 1.29 is 9.84 Å². The number of aryl methyl sites for hydroxylation is 1. The van der Waals surface area contributed by atoms with Gasteiger partial charge in [-0.15, -0.1) is 0 Å². The molecule has 1 N–H and O–H groups in total. The van der Waals surface area contributed by atoms with Crippen LogP contribution in [0.1, 0.15) is 31.7 Å². The molecule has 3 heterocycles. The van der Waals surface area contributed by atoms with Gasteiger partial charge in [0.2, 0.25) is 0 Å². The van der Waals surface area contributed by atoms with E-state index in [0.717, 1.165) is 24.9 Å². The van der Waals surface area contributed by atoms with E-state index in [1.165, 1.54) is 6.42 Å². The maximum atomic E-state index is 10.3. The van der Waals surface area contributed by atoms with Crippen molar-refractivity contribution in [3.8, 4) is 0 Å². The van der Waals surface area contributed by atoms with Crippen LogP contribution in [0.2, 0.25) is 0 Å². The summed E-state index contributed by atoms with van der Waals surface area (Å²) in [6.07, 6.45) is 8.37. The highest BCUT2D eigenvalue weighted by molar-refractivity contribution is 5.07. The minimum absolute atomic E-state index is 0.278. The summed E-state index contributed by atoms with van der Waals surface area (Å²) in [7, 11) is 0. The third kappa shape index (κ3) is 2.11. The normalized spacial score (nSPS) is 33.2. The molecule has 2 aliphatic heterocycles. The van der Waals surface area contributed by atoms with Crippen LogP contribution in [-0.4, -0.2) is 33.2 Å². The number of rotatable bonds is 4. The first-order valence-electron chi connectivity index (χ1n) is 6.61. The van der Waals surface area contributed by atoms with Gasteiger partial charge in [-0.2, -0.15) is 5.10 Å². The fourth-order valence-electron chi connectivity index (χ4n) is 3.16. The molecule has 17 heavy (non-hydrogen) atoms.